The zero-order valence-electron chi connectivity index (χ0n) is 10.6. The predicted octanol–water partition coefficient (Wildman–Crippen LogP) is 0.901. The molecule has 1 rings (SSSR count). The van der Waals surface area contributed by atoms with Crippen LogP contribution in [0.2, 0.25) is 0 Å². The minimum atomic E-state index is -1.27. The molecule has 0 radical (unpaired) electrons. The Morgan fingerprint density at radius 1 is 1.16 bits per heavy atom. The number of aromatic carboxylic acids is 1. The number of carboxylic acid groups (broad SMARTS) is 1. The van der Waals surface area contributed by atoms with E-state index in [9.17, 15) is 9.59 Å². The number of nitrogens with two attached hydrogens (primary N) is 1. The number of carbonyl (C=O) groups is 2. The fourth-order valence-electron chi connectivity index (χ4n) is 1.57. The van der Waals surface area contributed by atoms with Gasteiger partial charge in [0.15, 0.2) is 11.5 Å². The molecule has 0 aliphatic heterocycles. The second-order valence-electron chi connectivity index (χ2n) is 3.36. The molecule has 0 heterocycles. The number of amides is 2. The van der Waals surface area contributed by atoms with Crippen molar-refractivity contribution in [1.82, 2.24) is 0 Å². The van der Waals surface area contributed by atoms with E-state index >= 15 is 0 Å². The van der Waals surface area contributed by atoms with Gasteiger partial charge in [0.2, 0.25) is 5.75 Å². The van der Waals surface area contributed by atoms with Crippen molar-refractivity contribution in [2.24, 2.45) is 5.73 Å². The van der Waals surface area contributed by atoms with Crippen LogP contribution in [0.15, 0.2) is 6.07 Å². The molecule has 4 N–H and O–H groups in total. The van der Waals surface area contributed by atoms with E-state index in [-0.39, 0.29) is 28.5 Å². The lowest BCUT2D eigenvalue weighted by molar-refractivity contribution is 0.0697. The molecule has 0 saturated carbocycles. The number of ether oxygens (including phenoxy) is 3. The van der Waals surface area contributed by atoms with Gasteiger partial charge in [-0.05, 0) is 0 Å². The number of urea groups is 1. The van der Waals surface area contributed by atoms with E-state index < -0.39 is 12.0 Å². The highest BCUT2D eigenvalue weighted by molar-refractivity contribution is 6.03. The third-order valence-electron chi connectivity index (χ3n) is 2.31. The molecule has 8 heteroatoms. The van der Waals surface area contributed by atoms with Crippen LogP contribution in [0.25, 0.3) is 0 Å². The summed E-state index contributed by atoms with van der Waals surface area (Å²) in [6.07, 6.45) is 0. The topological polar surface area (TPSA) is 120 Å². The van der Waals surface area contributed by atoms with E-state index in [2.05, 4.69) is 5.32 Å². The summed E-state index contributed by atoms with van der Waals surface area (Å²) in [5.74, 6) is -0.952. The first-order valence-electron chi connectivity index (χ1n) is 5.08. The number of carbonyl (C=O) groups excluding carboxylic acids is 1. The van der Waals surface area contributed by atoms with Gasteiger partial charge < -0.3 is 30.4 Å². The van der Waals surface area contributed by atoms with Crippen molar-refractivity contribution in [3.8, 4) is 17.2 Å². The van der Waals surface area contributed by atoms with Crippen molar-refractivity contribution >= 4 is 17.7 Å². The number of anilines is 1. The van der Waals surface area contributed by atoms with Gasteiger partial charge in [-0.2, -0.15) is 0 Å². The van der Waals surface area contributed by atoms with Crippen molar-refractivity contribution in [1.29, 1.82) is 0 Å². The molecule has 0 aliphatic rings. The van der Waals surface area contributed by atoms with Crippen molar-refractivity contribution < 1.29 is 28.9 Å². The standard InChI is InChI=1S/C11H14N2O6/c1-17-6-4-5(10(14)15)7(13-11(12)16)9(19-3)8(6)18-2/h4H,1-3H3,(H,14,15)(H3,12,13,16). The number of nitrogens with one attached hydrogen (secondary N) is 1. The molecule has 2 amide bonds. The molecular formula is C11H14N2O6. The van der Waals surface area contributed by atoms with E-state index in [1.807, 2.05) is 0 Å². The Morgan fingerprint density at radius 3 is 2.11 bits per heavy atom. The predicted molar refractivity (Wildman–Crippen MR) is 66.3 cm³/mol. The van der Waals surface area contributed by atoms with Crippen LogP contribution in [0.4, 0.5) is 10.5 Å². The molecule has 19 heavy (non-hydrogen) atoms. The molecule has 104 valence electrons. The Balaban J connectivity index is 3.63. The molecule has 0 spiro atoms. The Labute approximate surface area is 109 Å². The first-order chi connectivity index (χ1) is 8.96. The molecule has 0 fully saturated rings. The van der Waals surface area contributed by atoms with Gasteiger partial charge in [-0.15, -0.1) is 0 Å². The average molecular weight is 270 g/mol. The highest BCUT2D eigenvalue weighted by atomic mass is 16.5. The van der Waals surface area contributed by atoms with Crippen LogP contribution in [0.3, 0.4) is 0 Å². The maximum Gasteiger partial charge on any atom is 0.338 e. The maximum atomic E-state index is 11.2. The van der Waals surface area contributed by atoms with E-state index in [0.717, 1.165) is 0 Å². The molecule has 1 aromatic rings. The van der Waals surface area contributed by atoms with Crippen LogP contribution in [0.1, 0.15) is 10.4 Å². The summed E-state index contributed by atoms with van der Waals surface area (Å²) in [4.78, 5) is 22.2. The summed E-state index contributed by atoms with van der Waals surface area (Å²) >= 11 is 0. The summed E-state index contributed by atoms with van der Waals surface area (Å²) in [6, 6.07) is 0.280. The van der Waals surface area contributed by atoms with Crippen molar-refractivity contribution in [3.63, 3.8) is 0 Å². The largest absolute Gasteiger partial charge is 0.493 e. The number of carboxylic acids is 1. The fraction of sp³-hybridized carbons (Fsp3) is 0.273. The summed E-state index contributed by atoms with van der Waals surface area (Å²) in [5.41, 5.74) is 4.68. The Hall–Kier alpha value is -2.64. The molecule has 0 atom stereocenters. The van der Waals surface area contributed by atoms with Gasteiger partial charge in [0.05, 0.1) is 26.9 Å². The number of primary amides is 1. The van der Waals surface area contributed by atoms with Gasteiger partial charge in [-0.3, -0.25) is 0 Å². The highest BCUT2D eigenvalue weighted by Gasteiger charge is 2.24. The number of hydrogen-bond donors (Lipinski definition) is 3. The molecule has 1 aromatic carbocycles. The number of methoxy groups -OCH3 is 3. The second kappa shape index (κ2) is 5.80. The molecule has 0 saturated heterocycles. The monoisotopic (exact) mass is 270 g/mol. The minimum Gasteiger partial charge on any atom is -0.493 e. The van der Waals surface area contributed by atoms with Gasteiger partial charge >= 0.3 is 12.0 Å². The number of rotatable bonds is 5. The molecule has 0 aliphatic carbocycles. The number of hydrogen-bond acceptors (Lipinski definition) is 5. The van der Waals surface area contributed by atoms with E-state index in [1.165, 1.54) is 27.4 Å². The summed E-state index contributed by atoms with van der Waals surface area (Å²) in [7, 11) is 4.01. The van der Waals surface area contributed by atoms with Crippen molar-refractivity contribution in [2.45, 2.75) is 0 Å². The van der Waals surface area contributed by atoms with E-state index in [1.54, 1.807) is 0 Å². The van der Waals surface area contributed by atoms with Crippen molar-refractivity contribution in [2.75, 3.05) is 26.6 Å². The van der Waals surface area contributed by atoms with Gasteiger partial charge in [-0.25, -0.2) is 9.59 Å². The highest BCUT2D eigenvalue weighted by Crippen LogP contribution is 2.45. The summed E-state index contributed by atoms with van der Waals surface area (Å²) in [6.45, 7) is 0. The smallest absolute Gasteiger partial charge is 0.338 e. The van der Waals surface area contributed by atoms with Crippen LogP contribution in [0, 0.1) is 0 Å². The van der Waals surface area contributed by atoms with E-state index in [0.29, 0.717) is 0 Å². The quantitative estimate of drug-likeness (QED) is 0.731. The summed E-state index contributed by atoms with van der Waals surface area (Å²) in [5, 5.41) is 11.3. The Morgan fingerprint density at radius 2 is 1.74 bits per heavy atom. The third kappa shape index (κ3) is 2.79. The fourth-order valence-corrected chi connectivity index (χ4v) is 1.57. The average Bonchev–Trinajstić information content (AvgIpc) is 2.36. The van der Waals surface area contributed by atoms with Gasteiger partial charge in [0.25, 0.3) is 0 Å². The summed E-state index contributed by atoms with van der Waals surface area (Å²) < 4.78 is 15.2. The Bertz CT molecular complexity index is 514. The third-order valence-corrected chi connectivity index (χ3v) is 2.31. The first-order valence-corrected chi connectivity index (χ1v) is 5.08. The lowest BCUT2D eigenvalue weighted by atomic mass is 10.1. The van der Waals surface area contributed by atoms with Crippen LogP contribution in [-0.2, 0) is 0 Å². The normalized spacial score (nSPS) is 9.63. The lowest BCUT2D eigenvalue weighted by Crippen LogP contribution is -2.22. The van der Waals surface area contributed by atoms with Crippen LogP contribution >= 0.6 is 0 Å². The van der Waals surface area contributed by atoms with Gasteiger partial charge in [0, 0.05) is 6.07 Å². The van der Waals surface area contributed by atoms with Gasteiger partial charge in [0.1, 0.15) is 5.69 Å². The maximum absolute atomic E-state index is 11.2. The molecule has 0 aromatic heterocycles. The van der Waals surface area contributed by atoms with Crippen LogP contribution < -0.4 is 25.3 Å². The molecule has 0 unspecified atom stereocenters. The number of benzene rings is 1. The van der Waals surface area contributed by atoms with Crippen LogP contribution in [0.5, 0.6) is 17.2 Å². The zero-order valence-corrected chi connectivity index (χ0v) is 10.6. The lowest BCUT2D eigenvalue weighted by Gasteiger charge is -2.17. The minimum absolute atomic E-state index is 0.0121. The first kappa shape index (κ1) is 14.4. The zero-order chi connectivity index (χ0) is 14.6. The molecule has 0 bridgehead atoms. The Kier molecular flexibility index (Phi) is 4.41. The van der Waals surface area contributed by atoms with Crippen molar-refractivity contribution in [3.05, 3.63) is 11.6 Å². The van der Waals surface area contributed by atoms with Crippen LogP contribution in [-0.4, -0.2) is 38.4 Å². The molecular weight excluding hydrogens is 256 g/mol. The van der Waals surface area contributed by atoms with E-state index in [4.69, 9.17) is 25.1 Å². The van der Waals surface area contributed by atoms with Gasteiger partial charge in [-0.1, -0.05) is 0 Å². The SMILES string of the molecule is COc1cc(C(=O)O)c(NC(N)=O)c(OC)c1OC. The molecule has 8 nitrogen and oxygen atoms in total. The second-order valence-corrected chi connectivity index (χ2v) is 3.36.